The summed E-state index contributed by atoms with van der Waals surface area (Å²) >= 11 is 0. The van der Waals surface area contributed by atoms with Gasteiger partial charge in [0, 0.05) is 6.04 Å². The van der Waals surface area contributed by atoms with Crippen molar-refractivity contribution < 1.29 is 18.8 Å². The maximum absolute atomic E-state index is 12.1. The second-order valence-corrected chi connectivity index (χ2v) is 5.43. The summed E-state index contributed by atoms with van der Waals surface area (Å²) in [5.74, 6) is -0.0621. The number of hydrogen-bond acceptors (Lipinski definition) is 4. The number of carbonyl (C=O) groups excluding carboxylic acids is 3. The summed E-state index contributed by atoms with van der Waals surface area (Å²) in [7, 11) is 0. The Morgan fingerprint density at radius 3 is 2.86 bits per heavy atom. The van der Waals surface area contributed by atoms with Crippen molar-refractivity contribution in [3.05, 3.63) is 24.2 Å². The maximum atomic E-state index is 12.1. The second-order valence-electron chi connectivity index (χ2n) is 5.43. The van der Waals surface area contributed by atoms with Crippen molar-refractivity contribution in [2.45, 2.75) is 31.8 Å². The molecule has 2 fully saturated rings. The van der Waals surface area contributed by atoms with Crippen LogP contribution in [0.1, 0.15) is 31.6 Å². The standard InChI is InChI=1S/C14H17N3O4/c1-9(11-3-2-6-21-11)15-12(18)7-17-13(19)8-16(14(17)20)10-4-5-10/h2-3,6,9-10H,4-5,7-8H2,1H3,(H,15,18). The Balaban J connectivity index is 1.57. The molecule has 0 radical (unpaired) electrons. The molecule has 1 aromatic heterocycles. The van der Waals surface area contributed by atoms with Crippen LogP contribution in [0.3, 0.4) is 0 Å². The average molecular weight is 291 g/mol. The van der Waals surface area contributed by atoms with Crippen molar-refractivity contribution in [1.82, 2.24) is 15.1 Å². The number of nitrogens with one attached hydrogen (secondary N) is 1. The van der Waals surface area contributed by atoms with Crippen molar-refractivity contribution >= 4 is 17.8 Å². The summed E-state index contributed by atoms with van der Waals surface area (Å²) in [4.78, 5) is 38.5. The number of carbonyl (C=O) groups is 3. The molecule has 1 aliphatic carbocycles. The lowest BCUT2D eigenvalue weighted by molar-refractivity contribution is -0.131. The summed E-state index contributed by atoms with van der Waals surface area (Å²) in [6.45, 7) is 1.62. The Morgan fingerprint density at radius 1 is 1.48 bits per heavy atom. The Kier molecular flexibility index (Phi) is 3.40. The Bertz CT molecular complexity index is 565. The van der Waals surface area contributed by atoms with Gasteiger partial charge in [-0.3, -0.25) is 14.5 Å². The van der Waals surface area contributed by atoms with E-state index in [-0.39, 0.29) is 43.0 Å². The van der Waals surface area contributed by atoms with Gasteiger partial charge in [0.15, 0.2) is 0 Å². The van der Waals surface area contributed by atoms with Crippen molar-refractivity contribution in [2.24, 2.45) is 0 Å². The molecule has 7 nitrogen and oxygen atoms in total. The molecule has 1 saturated heterocycles. The second kappa shape index (κ2) is 5.23. The molecule has 2 heterocycles. The van der Waals surface area contributed by atoms with Crippen LogP contribution in [0.4, 0.5) is 4.79 Å². The molecular weight excluding hydrogens is 274 g/mol. The van der Waals surface area contributed by atoms with Crippen LogP contribution in [0.5, 0.6) is 0 Å². The highest BCUT2D eigenvalue weighted by Gasteiger charge is 2.44. The first kappa shape index (κ1) is 13.7. The van der Waals surface area contributed by atoms with E-state index in [0.29, 0.717) is 5.76 Å². The first-order valence-electron chi connectivity index (χ1n) is 7.00. The van der Waals surface area contributed by atoms with Gasteiger partial charge in [-0.25, -0.2) is 4.79 Å². The lowest BCUT2D eigenvalue weighted by Crippen LogP contribution is -2.42. The number of hydrogen-bond donors (Lipinski definition) is 1. The van der Waals surface area contributed by atoms with Gasteiger partial charge in [0.05, 0.1) is 12.3 Å². The van der Waals surface area contributed by atoms with Crippen LogP contribution in [-0.4, -0.2) is 46.8 Å². The van der Waals surface area contributed by atoms with Crippen LogP contribution in [0, 0.1) is 0 Å². The van der Waals surface area contributed by atoms with Crippen molar-refractivity contribution in [3.63, 3.8) is 0 Å². The van der Waals surface area contributed by atoms with E-state index in [1.807, 2.05) is 0 Å². The first-order chi connectivity index (χ1) is 10.1. The van der Waals surface area contributed by atoms with E-state index in [0.717, 1.165) is 17.7 Å². The van der Waals surface area contributed by atoms with E-state index in [1.165, 1.54) is 6.26 Å². The number of imide groups is 1. The molecule has 1 aliphatic heterocycles. The highest BCUT2D eigenvalue weighted by Crippen LogP contribution is 2.30. The summed E-state index contributed by atoms with van der Waals surface area (Å²) < 4.78 is 5.19. The fraction of sp³-hybridized carbons (Fsp3) is 0.500. The minimum Gasteiger partial charge on any atom is -0.467 e. The third-order valence-corrected chi connectivity index (χ3v) is 3.72. The molecule has 1 N–H and O–H groups in total. The van der Waals surface area contributed by atoms with E-state index < -0.39 is 0 Å². The summed E-state index contributed by atoms with van der Waals surface area (Å²) in [6.07, 6.45) is 3.40. The van der Waals surface area contributed by atoms with Gasteiger partial charge < -0.3 is 14.6 Å². The monoisotopic (exact) mass is 291 g/mol. The third kappa shape index (κ3) is 2.76. The van der Waals surface area contributed by atoms with Gasteiger partial charge in [-0.15, -0.1) is 0 Å². The molecule has 21 heavy (non-hydrogen) atoms. The fourth-order valence-electron chi connectivity index (χ4n) is 2.43. The van der Waals surface area contributed by atoms with E-state index in [1.54, 1.807) is 24.0 Å². The fourth-order valence-corrected chi connectivity index (χ4v) is 2.43. The molecule has 4 amide bonds. The van der Waals surface area contributed by atoms with Gasteiger partial charge in [-0.2, -0.15) is 0 Å². The molecule has 7 heteroatoms. The molecule has 0 bridgehead atoms. The number of urea groups is 1. The molecule has 2 aliphatic rings. The minimum absolute atomic E-state index is 0.0878. The van der Waals surface area contributed by atoms with E-state index >= 15 is 0 Å². The van der Waals surface area contributed by atoms with Crippen LogP contribution >= 0.6 is 0 Å². The van der Waals surface area contributed by atoms with E-state index in [9.17, 15) is 14.4 Å². The normalized spacial score (nSPS) is 20.0. The van der Waals surface area contributed by atoms with Gasteiger partial charge in [0.25, 0.3) is 5.91 Å². The lowest BCUT2D eigenvalue weighted by Gasteiger charge is -2.17. The van der Waals surface area contributed by atoms with Gasteiger partial charge >= 0.3 is 6.03 Å². The zero-order valence-electron chi connectivity index (χ0n) is 11.7. The SMILES string of the molecule is CC(NC(=O)CN1C(=O)CN(C2CC2)C1=O)c1ccco1. The zero-order valence-corrected chi connectivity index (χ0v) is 11.7. The quantitative estimate of drug-likeness (QED) is 0.816. The smallest absolute Gasteiger partial charge is 0.327 e. The maximum Gasteiger partial charge on any atom is 0.327 e. The molecule has 1 atom stereocenters. The van der Waals surface area contributed by atoms with E-state index in [2.05, 4.69) is 5.32 Å². The van der Waals surface area contributed by atoms with E-state index in [4.69, 9.17) is 4.42 Å². The van der Waals surface area contributed by atoms with Crippen LogP contribution < -0.4 is 5.32 Å². The Hall–Kier alpha value is -2.31. The van der Waals surface area contributed by atoms with Gasteiger partial charge in [0.1, 0.15) is 18.8 Å². The van der Waals surface area contributed by atoms with Crippen LogP contribution in [-0.2, 0) is 9.59 Å². The molecule has 1 unspecified atom stereocenters. The van der Waals surface area contributed by atoms with Crippen LogP contribution in [0.25, 0.3) is 0 Å². The number of rotatable bonds is 5. The summed E-state index contributed by atoms with van der Waals surface area (Å²) in [5, 5.41) is 2.71. The highest BCUT2D eigenvalue weighted by molar-refractivity contribution is 6.04. The molecule has 1 saturated carbocycles. The van der Waals surface area contributed by atoms with Crippen LogP contribution in [0.15, 0.2) is 22.8 Å². The van der Waals surface area contributed by atoms with Crippen molar-refractivity contribution in [3.8, 4) is 0 Å². The van der Waals surface area contributed by atoms with Crippen molar-refractivity contribution in [1.29, 1.82) is 0 Å². The Labute approximate surface area is 121 Å². The largest absolute Gasteiger partial charge is 0.467 e. The minimum atomic E-state index is -0.377. The highest BCUT2D eigenvalue weighted by atomic mass is 16.3. The number of furan rings is 1. The number of nitrogens with zero attached hydrogens (tertiary/aromatic N) is 2. The van der Waals surface area contributed by atoms with Gasteiger partial charge in [-0.1, -0.05) is 0 Å². The predicted octanol–water partition coefficient (Wildman–Crippen LogP) is 0.883. The topological polar surface area (TPSA) is 82.9 Å². The van der Waals surface area contributed by atoms with Crippen molar-refractivity contribution in [2.75, 3.05) is 13.1 Å². The number of amides is 4. The molecular formula is C14H17N3O4. The summed E-state index contributed by atoms with van der Waals surface area (Å²) in [6, 6.07) is 3.00. The van der Waals surface area contributed by atoms with Gasteiger partial charge in [0.2, 0.25) is 5.91 Å². The molecule has 112 valence electrons. The first-order valence-corrected chi connectivity index (χ1v) is 7.00. The molecule has 0 spiro atoms. The zero-order chi connectivity index (χ0) is 15.0. The molecule has 1 aromatic rings. The predicted molar refractivity (Wildman–Crippen MR) is 72.1 cm³/mol. The molecule has 3 rings (SSSR count). The summed E-state index contributed by atoms with van der Waals surface area (Å²) in [5.41, 5.74) is 0. The lowest BCUT2D eigenvalue weighted by atomic mass is 10.2. The molecule has 0 aromatic carbocycles. The average Bonchev–Trinajstić information content (AvgIpc) is 3.05. The Morgan fingerprint density at radius 2 is 2.24 bits per heavy atom. The van der Waals surface area contributed by atoms with Crippen LogP contribution in [0.2, 0.25) is 0 Å². The third-order valence-electron chi connectivity index (χ3n) is 3.72. The van der Waals surface area contributed by atoms with Gasteiger partial charge in [-0.05, 0) is 31.9 Å².